The van der Waals surface area contributed by atoms with Crippen LogP contribution in [0.25, 0.3) is 43.8 Å². The molecule has 12 rings (SSSR count). The molecule has 1 aliphatic carbocycles. The van der Waals surface area contributed by atoms with Crippen LogP contribution in [0.2, 0.25) is 0 Å². The van der Waals surface area contributed by atoms with Crippen molar-refractivity contribution in [2.45, 2.75) is 21.4 Å². The van der Waals surface area contributed by atoms with E-state index in [2.05, 4.69) is 181 Å². The van der Waals surface area contributed by atoms with Crippen LogP contribution < -0.4 is 5.32 Å². The van der Waals surface area contributed by atoms with Crippen molar-refractivity contribution in [1.82, 2.24) is 10.3 Å². The van der Waals surface area contributed by atoms with Crippen LogP contribution in [0.4, 0.5) is 0 Å². The van der Waals surface area contributed by atoms with Crippen molar-refractivity contribution in [3.63, 3.8) is 0 Å². The Morgan fingerprint density at radius 1 is 0.466 bits per heavy atom. The maximum absolute atomic E-state index is 5.43. The molecular formula is C53H34N4S. The summed E-state index contributed by atoms with van der Waals surface area (Å²) in [6.07, 6.45) is 3.63. The fourth-order valence-corrected chi connectivity index (χ4v) is 10.7. The van der Waals surface area contributed by atoms with Crippen LogP contribution in [-0.4, -0.2) is 16.7 Å². The van der Waals surface area contributed by atoms with Crippen molar-refractivity contribution >= 4 is 45.0 Å². The van der Waals surface area contributed by atoms with Crippen LogP contribution in [0.3, 0.4) is 0 Å². The zero-order chi connectivity index (χ0) is 38.2. The van der Waals surface area contributed by atoms with Crippen molar-refractivity contribution in [2.75, 3.05) is 0 Å². The second kappa shape index (κ2) is 13.0. The first kappa shape index (κ1) is 33.1. The van der Waals surface area contributed by atoms with Gasteiger partial charge in [-0.2, -0.15) is 0 Å². The Morgan fingerprint density at radius 2 is 1.09 bits per heavy atom. The Kier molecular flexibility index (Phi) is 7.41. The highest BCUT2D eigenvalue weighted by molar-refractivity contribution is 7.99. The molecule has 9 aromatic rings. The van der Waals surface area contributed by atoms with Gasteiger partial charge in [-0.1, -0.05) is 169 Å². The molecule has 1 unspecified atom stereocenters. The van der Waals surface area contributed by atoms with E-state index >= 15 is 0 Å². The summed E-state index contributed by atoms with van der Waals surface area (Å²) in [6.45, 7) is 0. The number of benzene rings is 8. The molecule has 1 N–H and O–H groups in total. The van der Waals surface area contributed by atoms with E-state index in [4.69, 9.17) is 15.0 Å². The number of pyridine rings is 1. The van der Waals surface area contributed by atoms with Gasteiger partial charge in [-0.15, -0.1) is 0 Å². The van der Waals surface area contributed by atoms with Crippen molar-refractivity contribution in [3.8, 4) is 22.3 Å². The minimum absolute atomic E-state index is 0.335. The van der Waals surface area contributed by atoms with Gasteiger partial charge in [0.2, 0.25) is 0 Å². The van der Waals surface area contributed by atoms with Gasteiger partial charge in [-0.25, -0.2) is 9.98 Å². The van der Waals surface area contributed by atoms with Gasteiger partial charge in [-0.3, -0.25) is 4.98 Å². The first-order valence-electron chi connectivity index (χ1n) is 19.7. The molecule has 0 radical (unpaired) electrons. The Bertz CT molecular complexity index is 3150. The third kappa shape index (κ3) is 4.93. The molecule has 4 nitrogen and oxygen atoms in total. The molecule has 272 valence electrons. The molecule has 58 heavy (non-hydrogen) atoms. The second-order valence-corrected chi connectivity index (χ2v) is 16.3. The summed E-state index contributed by atoms with van der Waals surface area (Å²) in [4.78, 5) is 17.9. The van der Waals surface area contributed by atoms with Gasteiger partial charge in [0, 0.05) is 49.8 Å². The van der Waals surface area contributed by atoms with Crippen LogP contribution in [0.1, 0.15) is 45.1 Å². The van der Waals surface area contributed by atoms with E-state index in [0.717, 1.165) is 39.0 Å². The second-order valence-electron chi connectivity index (χ2n) is 15.2. The average molecular weight is 759 g/mol. The first-order valence-corrected chi connectivity index (χ1v) is 20.5. The van der Waals surface area contributed by atoms with E-state index in [1.165, 1.54) is 59.3 Å². The normalized spacial score (nSPS) is 15.8. The van der Waals surface area contributed by atoms with Crippen LogP contribution in [0.5, 0.6) is 0 Å². The third-order valence-corrected chi connectivity index (χ3v) is 13.2. The quantitative estimate of drug-likeness (QED) is 0.194. The largest absolute Gasteiger partial charge is 0.344 e. The summed E-state index contributed by atoms with van der Waals surface area (Å²) < 4.78 is 0. The summed E-state index contributed by atoms with van der Waals surface area (Å²) in [5.41, 5.74) is 12.5. The van der Waals surface area contributed by atoms with E-state index in [9.17, 15) is 0 Å². The number of nitrogens with zero attached hydrogens (tertiary/aromatic N) is 3. The molecule has 0 saturated carbocycles. The average Bonchev–Trinajstić information content (AvgIpc) is 3.59. The highest BCUT2D eigenvalue weighted by Crippen LogP contribution is 2.62. The lowest BCUT2D eigenvalue weighted by Crippen LogP contribution is -2.34. The standard InChI is InChI=1S/C53H34N4S/c1-2-14-34(15-3-1)50-55-51(57-52(56-50)42-22-12-17-33-13-4-6-18-38(33)42)36-26-28-49-47(30-36)53(44-23-10-8-20-40(44)41-21-9-11-24-45(41)53)46-29-35(25-27-48(46)58-49)43-32-54-31-37-16-5-7-19-39(37)43/h1-32,52H,(H,55,56,57). The number of hydrogen-bond donors (Lipinski definition) is 1. The van der Waals surface area contributed by atoms with E-state index in [-0.39, 0.29) is 6.17 Å². The minimum atomic E-state index is -0.582. The number of aromatic nitrogens is 1. The number of aliphatic imine (C=N–C) groups is 2. The highest BCUT2D eigenvalue weighted by atomic mass is 32.2. The number of amidine groups is 2. The Morgan fingerprint density at radius 3 is 1.86 bits per heavy atom. The molecule has 8 aromatic carbocycles. The van der Waals surface area contributed by atoms with Crippen LogP contribution >= 0.6 is 11.8 Å². The number of hydrogen-bond acceptors (Lipinski definition) is 5. The van der Waals surface area contributed by atoms with E-state index in [1.807, 2.05) is 30.2 Å². The van der Waals surface area contributed by atoms with Gasteiger partial charge < -0.3 is 5.32 Å². The summed E-state index contributed by atoms with van der Waals surface area (Å²) >= 11 is 1.85. The fourth-order valence-electron chi connectivity index (χ4n) is 9.53. The number of nitrogens with one attached hydrogen (secondary N) is 1. The van der Waals surface area contributed by atoms with Crippen LogP contribution in [-0.2, 0) is 5.41 Å². The lowest BCUT2D eigenvalue weighted by molar-refractivity contribution is 0.679. The molecule has 1 aromatic heterocycles. The zero-order valence-electron chi connectivity index (χ0n) is 31.3. The SMILES string of the molecule is c1ccc(C2=NC(c3ccc4c(c3)C3(c5cc(-c6cncc7ccccc67)ccc5S4)c4ccccc4-c4ccccc43)=NC(c3cccc4ccccc34)N2)cc1. The van der Waals surface area contributed by atoms with Crippen LogP contribution in [0.15, 0.2) is 214 Å². The maximum atomic E-state index is 5.43. The van der Waals surface area contributed by atoms with Gasteiger partial charge in [0.15, 0.2) is 5.84 Å². The summed E-state index contributed by atoms with van der Waals surface area (Å²) in [6, 6.07) is 65.8. The fraction of sp³-hybridized carbons (Fsp3) is 0.0377. The molecule has 3 heterocycles. The lowest BCUT2D eigenvalue weighted by atomic mass is 9.66. The smallest absolute Gasteiger partial charge is 0.159 e. The van der Waals surface area contributed by atoms with E-state index < -0.39 is 5.41 Å². The molecule has 1 spiro atoms. The number of rotatable bonds is 4. The van der Waals surface area contributed by atoms with E-state index in [0.29, 0.717) is 5.84 Å². The zero-order valence-corrected chi connectivity index (χ0v) is 32.1. The molecule has 5 heteroatoms. The molecule has 0 bridgehead atoms. The predicted molar refractivity (Wildman–Crippen MR) is 238 cm³/mol. The molecule has 0 saturated heterocycles. The van der Waals surface area contributed by atoms with Crippen LogP contribution in [0, 0.1) is 0 Å². The summed E-state index contributed by atoms with van der Waals surface area (Å²) in [5, 5.41) is 8.40. The third-order valence-electron chi connectivity index (χ3n) is 12.1. The maximum Gasteiger partial charge on any atom is 0.159 e. The lowest BCUT2D eigenvalue weighted by Gasteiger charge is -2.40. The van der Waals surface area contributed by atoms with Crippen molar-refractivity contribution in [3.05, 3.63) is 233 Å². The topological polar surface area (TPSA) is 49.6 Å². The molecule has 1 atom stereocenters. The summed E-state index contributed by atoms with van der Waals surface area (Å²) in [5.74, 6) is 1.51. The van der Waals surface area contributed by atoms with Gasteiger partial charge in [-0.05, 0) is 79.4 Å². The van der Waals surface area contributed by atoms with Crippen molar-refractivity contribution < 1.29 is 0 Å². The van der Waals surface area contributed by atoms with Gasteiger partial charge in [0.25, 0.3) is 0 Å². The highest BCUT2D eigenvalue weighted by Gasteiger charge is 2.50. The Hall–Kier alpha value is -7.08. The predicted octanol–water partition coefficient (Wildman–Crippen LogP) is 12.4. The molecule has 0 fully saturated rings. The molecule has 3 aliphatic rings. The molecule has 2 aliphatic heterocycles. The first-order chi connectivity index (χ1) is 28.7. The molecule has 0 amide bonds. The van der Waals surface area contributed by atoms with E-state index in [1.54, 1.807) is 0 Å². The van der Waals surface area contributed by atoms with Gasteiger partial charge in [0.05, 0.1) is 5.41 Å². The molecular weight excluding hydrogens is 725 g/mol. The van der Waals surface area contributed by atoms with Crippen molar-refractivity contribution in [2.24, 2.45) is 9.98 Å². The van der Waals surface area contributed by atoms with Gasteiger partial charge in [0.1, 0.15) is 12.0 Å². The minimum Gasteiger partial charge on any atom is -0.344 e. The van der Waals surface area contributed by atoms with Gasteiger partial charge >= 0.3 is 0 Å². The Balaban J connectivity index is 1.11. The Labute approximate surface area is 340 Å². The summed E-state index contributed by atoms with van der Waals surface area (Å²) in [7, 11) is 0. The monoisotopic (exact) mass is 758 g/mol. The van der Waals surface area contributed by atoms with Crippen molar-refractivity contribution in [1.29, 1.82) is 0 Å². The number of fused-ring (bicyclic) bond motifs is 11.